The fourth-order valence-corrected chi connectivity index (χ4v) is 2.64. The molecule has 0 bridgehead atoms. The van der Waals surface area contributed by atoms with Gasteiger partial charge in [-0.05, 0) is 48.7 Å². The van der Waals surface area contributed by atoms with Crippen LogP contribution in [0.5, 0.6) is 0 Å². The number of nitrogen functional groups attached to an aromatic ring is 2. The summed E-state index contributed by atoms with van der Waals surface area (Å²) in [6, 6.07) is 15.2. The number of carboxylic acid groups (broad SMARTS) is 1. The molecule has 1 atom stereocenters. The minimum absolute atomic E-state index is 0.00304. The molecular formula is C19H24N4O2. The zero-order valence-electron chi connectivity index (χ0n) is 14.0. The van der Waals surface area contributed by atoms with E-state index in [1.807, 2.05) is 42.5 Å². The summed E-state index contributed by atoms with van der Waals surface area (Å²) in [6.07, 6.45) is 1.42. The fraction of sp³-hybridized carbons (Fsp3) is 0.263. The Balaban J connectivity index is 2.15. The van der Waals surface area contributed by atoms with Gasteiger partial charge in [-0.15, -0.1) is 0 Å². The lowest BCUT2D eigenvalue weighted by molar-refractivity contribution is -0.137. The first kappa shape index (κ1) is 18.5. The van der Waals surface area contributed by atoms with Crippen molar-refractivity contribution in [2.75, 3.05) is 12.3 Å². The molecule has 6 heteroatoms. The number of hydrogen-bond donors (Lipinski definition) is 5. The SMILES string of the molecule is N=C(N)c1cccc(C(Cc2ccc(N)cc2)NCCCC(=O)O)c1. The Hall–Kier alpha value is -2.86. The lowest BCUT2D eigenvalue weighted by Gasteiger charge is -2.20. The van der Waals surface area contributed by atoms with Gasteiger partial charge < -0.3 is 21.9 Å². The average Bonchev–Trinajstić information content (AvgIpc) is 2.59. The molecule has 0 heterocycles. The van der Waals surface area contributed by atoms with Crippen LogP contribution in [0, 0.1) is 5.41 Å². The maximum Gasteiger partial charge on any atom is 0.303 e. The van der Waals surface area contributed by atoms with E-state index in [-0.39, 0.29) is 18.3 Å². The molecule has 0 saturated heterocycles. The van der Waals surface area contributed by atoms with Crippen molar-refractivity contribution in [2.24, 2.45) is 5.73 Å². The molecule has 7 N–H and O–H groups in total. The van der Waals surface area contributed by atoms with Crippen LogP contribution in [0.15, 0.2) is 48.5 Å². The average molecular weight is 340 g/mol. The Morgan fingerprint density at radius 1 is 1.20 bits per heavy atom. The third kappa shape index (κ3) is 5.93. The molecule has 0 aliphatic heterocycles. The number of anilines is 1. The summed E-state index contributed by atoms with van der Waals surface area (Å²) in [5.41, 5.74) is 14.9. The fourth-order valence-electron chi connectivity index (χ4n) is 2.64. The quantitative estimate of drug-likeness (QED) is 0.207. The van der Waals surface area contributed by atoms with Gasteiger partial charge in [-0.3, -0.25) is 10.2 Å². The smallest absolute Gasteiger partial charge is 0.303 e. The normalized spacial score (nSPS) is 11.8. The first-order valence-corrected chi connectivity index (χ1v) is 8.19. The van der Waals surface area contributed by atoms with Crippen molar-refractivity contribution < 1.29 is 9.90 Å². The second kappa shape index (κ2) is 8.84. The predicted octanol–water partition coefficient (Wildman–Crippen LogP) is 2.29. The van der Waals surface area contributed by atoms with Crippen LogP contribution < -0.4 is 16.8 Å². The third-order valence-electron chi connectivity index (χ3n) is 3.98. The topological polar surface area (TPSA) is 125 Å². The van der Waals surface area contributed by atoms with E-state index in [1.165, 1.54) is 0 Å². The zero-order valence-corrected chi connectivity index (χ0v) is 14.0. The molecular weight excluding hydrogens is 316 g/mol. The summed E-state index contributed by atoms with van der Waals surface area (Å²) < 4.78 is 0. The number of nitrogens with two attached hydrogens (primary N) is 2. The minimum atomic E-state index is -0.796. The number of hydrogen-bond acceptors (Lipinski definition) is 4. The molecule has 0 amide bonds. The molecule has 1 unspecified atom stereocenters. The summed E-state index contributed by atoms with van der Waals surface area (Å²) in [5.74, 6) is -0.769. The molecule has 0 aliphatic carbocycles. The summed E-state index contributed by atoms with van der Waals surface area (Å²) in [7, 11) is 0. The number of carbonyl (C=O) groups is 1. The minimum Gasteiger partial charge on any atom is -0.481 e. The highest BCUT2D eigenvalue weighted by molar-refractivity contribution is 5.95. The summed E-state index contributed by atoms with van der Waals surface area (Å²) in [5, 5.41) is 19.8. The second-order valence-electron chi connectivity index (χ2n) is 5.99. The van der Waals surface area contributed by atoms with Crippen LogP contribution in [-0.4, -0.2) is 23.5 Å². The highest BCUT2D eigenvalue weighted by Crippen LogP contribution is 2.20. The van der Waals surface area contributed by atoms with E-state index in [0.29, 0.717) is 24.2 Å². The van der Waals surface area contributed by atoms with Gasteiger partial charge in [0.25, 0.3) is 0 Å². The number of rotatable bonds is 9. The molecule has 0 spiro atoms. The summed E-state index contributed by atoms with van der Waals surface area (Å²) in [4.78, 5) is 10.7. The van der Waals surface area contributed by atoms with Gasteiger partial charge in [0.15, 0.2) is 0 Å². The van der Waals surface area contributed by atoms with Crippen LogP contribution in [0.1, 0.15) is 35.6 Å². The van der Waals surface area contributed by atoms with Crippen LogP contribution in [0.4, 0.5) is 5.69 Å². The molecule has 2 rings (SSSR count). The van der Waals surface area contributed by atoms with Gasteiger partial charge in [0.1, 0.15) is 5.84 Å². The van der Waals surface area contributed by atoms with E-state index in [0.717, 1.165) is 17.5 Å². The van der Waals surface area contributed by atoms with Gasteiger partial charge in [-0.2, -0.15) is 0 Å². The molecule has 0 aromatic heterocycles. The van der Waals surface area contributed by atoms with E-state index < -0.39 is 5.97 Å². The van der Waals surface area contributed by atoms with Crippen LogP contribution in [0.25, 0.3) is 0 Å². The van der Waals surface area contributed by atoms with E-state index in [4.69, 9.17) is 22.0 Å². The summed E-state index contributed by atoms with van der Waals surface area (Å²) in [6.45, 7) is 0.593. The monoisotopic (exact) mass is 340 g/mol. The van der Waals surface area contributed by atoms with Crippen molar-refractivity contribution >= 4 is 17.5 Å². The highest BCUT2D eigenvalue weighted by atomic mass is 16.4. The number of benzene rings is 2. The zero-order chi connectivity index (χ0) is 18.2. The Morgan fingerprint density at radius 2 is 1.92 bits per heavy atom. The van der Waals surface area contributed by atoms with Crippen molar-refractivity contribution in [1.82, 2.24) is 5.32 Å². The first-order chi connectivity index (χ1) is 12.0. The molecule has 2 aromatic carbocycles. The van der Waals surface area contributed by atoms with Crippen LogP contribution in [0.3, 0.4) is 0 Å². The number of amidine groups is 1. The van der Waals surface area contributed by atoms with E-state index in [2.05, 4.69) is 5.32 Å². The van der Waals surface area contributed by atoms with Crippen molar-refractivity contribution in [3.63, 3.8) is 0 Å². The van der Waals surface area contributed by atoms with Gasteiger partial charge in [0, 0.05) is 23.7 Å². The number of nitrogens with one attached hydrogen (secondary N) is 2. The Labute approximate surface area is 147 Å². The van der Waals surface area contributed by atoms with Gasteiger partial charge in [0.05, 0.1) is 0 Å². The number of aliphatic carboxylic acids is 1. The lowest BCUT2D eigenvalue weighted by Crippen LogP contribution is -2.25. The molecule has 132 valence electrons. The first-order valence-electron chi connectivity index (χ1n) is 8.19. The van der Waals surface area contributed by atoms with Crippen LogP contribution in [0.2, 0.25) is 0 Å². The van der Waals surface area contributed by atoms with Crippen molar-refractivity contribution in [3.05, 3.63) is 65.2 Å². The maximum atomic E-state index is 10.7. The van der Waals surface area contributed by atoms with Crippen molar-refractivity contribution in [3.8, 4) is 0 Å². The largest absolute Gasteiger partial charge is 0.481 e. The van der Waals surface area contributed by atoms with Gasteiger partial charge >= 0.3 is 5.97 Å². The van der Waals surface area contributed by atoms with Crippen molar-refractivity contribution in [1.29, 1.82) is 5.41 Å². The van der Waals surface area contributed by atoms with Gasteiger partial charge in [-0.1, -0.05) is 30.3 Å². The van der Waals surface area contributed by atoms with Crippen molar-refractivity contribution in [2.45, 2.75) is 25.3 Å². The van der Waals surface area contributed by atoms with E-state index >= 15 is 0 Å². The molecule has 25 heavy (non-hydrogen) atoms. The second-order valence-corrected chi connectivity index (χ2v) is 5.99. The standard InChI is InChI=1S/C19H24N4O2/c20-16-8-6-13(7-9-16)11-17(23-10-2-5-18(24)25)14-3-1-4-15(12-14)19(21)22/h1,3-4,6-9,12,17,23H,2,5,10-11,20H2,(H3,21,22)(H,24,25). The third-order valence-corrected chi connectivity index (χ3v) is 3.98. The van der Waals surface area contributed by atoms with Crippen LogP contribution in [-0.2, 0) is 11.2 Å². The Morgan fingerprint density at radius 3 is 2.56 bits per heavy atom. The molecule has 6 nitrogen and oxygen atoms in total. The highest BCUT2D eigenvalue weighted by Gasteiger charge is 2.13. The Bertz CT molecular complexity index is 728. The van der Waals surface area contributed by atoms with Gasteiger partial charge in [0.2, 0.25) is 0 Å². The van der Waals surface area contributed by atoms with Gasteiger partial charge in [-0.25, -0.2) is 0 Å². The molecule has 0 aliphatic rings. The summed E-state index contributed by atoms with van der Waals surface area (Å²) >= 11 is 0. The van der Waals surface area contributed by atoms with Crippen LogP contribution >= 0.6 is 0 Å². The Kier molecular flexibility index (Phi) is 6.54. The number of carboxylic acids is 1. The molecule has 0 saturated carbocycles. The maximum absolute atomic E-state index is 10.7. The molecule has 2 aromatic rings. The molecule has 0 fully saturated rings. The lowest BCUT2D eigenvalue weighted by atomic mass is 9.96. The molecule has 0 radical (unpaired) electrons. The predicted molar refractivity (Wildman–Crippen MR) is 99.6 cm³/mol. The van der Waals surface area contributed by atoms with E-state index in [1.54, 1.807) is 6.07 Å². The van der Waals surface area contributed by atoms with E-state index in [9.17, 15) is 4.79 Å².